The summed E-state index contributed by atoms with van der Waals surface area (Å²) in [6, 6.07) is 0. The van der Waals surface area contributed by atoms with Gasteiger partial charge in [0.15, 0.2) is 12.2 Å². The second-order valence-electron chi connectivity index (χ2n) is 30.9. The molecular weight excluding hydrogens is 1320 g/mol. The molecule has 0 rings (SSSR count). The van der Waals surface area contributed by atoms with Crippen LogP contribution in [0.3, 0.4) is 0 Å². The molecule has 17 nitrogen and oxygen atoms in total. The second kappa shape index (κ2) is 72.3. The number of phosphoric ester groups is 2. The van der Waals surface area contributed by atoms with Crippen molar-refractivity contribution < 1.29 is 80.2 Å². The summed E-state index contributed by atoms with van der Waals surface area (Å²) in [4.78, 5) is 73.0. The molecule has 0 saturated carbocycles. The van der Waals surface area contributed by atoms with E-state index in [4.69, 9.17) is 37.0 Å². The van der Waals surface area contributed by atoms with Gasteiger partial charge in [0, 0.05) is 25.7 Å². The molecule has 0 aromatic carbocycles. The van der Waals surface area contributed by atoms with Crippen LogP contribution in [0.5, 0.6) is 0 Å². The van der Waals surface area contributed by atoms with Crippen molar-refractivity contribution in [2.75, 3.05) is 39.6 Å². The van der Waals surface area contributed by atoms with Gasteiger partial charge in [0.25, 0.3) is 0 Å². The number of esters is 4. The van der Waals surface area contributed by atoms with E-state index in [1.54, 1.807) is 0 Å². The Morgan fingerprint density at radius 1 is 0.267 bits per heavy atom. The molecule has 19 heteroatoms. The first kappa shape index (κ1) is 99.1. The van der Waals surface area contributed by atoms with E-state index in [0.29, 0.717) is 25.7 Å². The van der Waals surface area contributed by atoms with Gasteiger partial charge in [-0.15, -0.1) is 0 Å². The lowest BCUT2D eigenvalue weighted by Gasteiger charge is -2.21. The lowest BCUT2D eigenvalue weighted by Crippen LogP contribution is -2.30. The van der Waals surface area contributed by atoms with Crippen molar-refractivity contribution in [1.29, 1.82) is 0 Å². The number of carbonyl (C=O) groups is 4. The van der Waals surface area contributed by atoms with Crippen LogP contribution in [0.4, 0.5) is 0 Å². The fraction of sp³-hybridized carbons (Fsp3) is 0.951. The van der Waals surface area contributed by atoms with Gasteiger partial charge in [-0.25, -0.2) is 9.13 Å². The lowest BCUT2D eigenvalue weighted by molar-refractivity contribution is -0.161. The van der Waals surface area contributed by atoms with Crippen LogP contribution < -0.4 is 0 Å². The Morgan fingerprint density at radius 2 is 0.455 bits per heavy atom. The van der Waals surface area contributed by atoms with Crippen LogP contribution in [0.15, 0.2) is 0 Å². The van der Waals surface area contributed by atoms with Crippen molar-refractivity contribution in [3.63, 3.8) is 0 Å². The zero-order valence-corrected chi connectivity index (χ0v) is 68.2. The Hall–Kier alpha value is -1.94. The molecule has 0 bridgehead atoms. The van der Waals surface area contributed by atoms with Crippen LogP contribution >= 0.6 is 15.6 Å². The average molecular weight is 1480 g/mol. The van der Waals surface area contributed by atoms with E-state index in [9.17, 15) is 43.2 Å². The van der Waals surface area contributed by atoms with Crippen molar-refractivity contribution in [1.82, 2.24) is 0 Å². The molecule has 0 aromatic rings. The number of hydrogen-bond acceptors (Lipinski definition) is 15. The molecular formula is C82H160O17P2. The molecule has 2 unspecified atom stereocenters. The predicted molar refractivity (Wildman–Crippen MR) is 414 cm³/mol. The summed E-state index contributed by atoms with van der Waals surface area (Å²) in [7, 11) is -9.92. The lowest BCUT2D eigenvalue weighted by atomic mass is 10.0. The molecule has 0 aromatic heterocycles. The molecule has 0 aliphatic rings. The third-order valence-corrected chi connectivity index (χ3v) is 21.0. The minimum atomic E-state index is -4.96. The van der Waals surface area contributed by atoms with Crippen LogP contribution in [0.25, 0.3) is 0 Å². The van der Waals surface area contributed by atoms with Gasteiger partial charge in [-0.2, -0.15) is 0 Å². The van der Waals surface area contributed by atoms with Crippen molar-refractivity contribution in [3.05, 3.63) is 0 Å². The first-order chi connectivity index (χ1) is 48.7. The highest BCUT2D eigenvalue weighted by Crippen LogP contribution is 2.45. The number of rotatable bonds is 80. The zero-order chi connectivity index (χ0) is 74.4. The fourth-order valence-corrected chi connectivity index (χ4v) is 14.2. The summed E-state index contributed by atoms with van der Waals surface area (Å²) in [5, 5.41) is 10.6. The summed E-state index contributed by atoms with van der Waals surface area (Å²) < 4.78 is 68.7. The molecule has 0 saturated heterocycles. The minimum Gasteiger partial charge on any atom is -0.462 e. The normalized spacial score (nSPS) is 14.0. The molecule has 101 heavy (non-hydrogen) atoms. The molecule has 600 valence electrons. The molecule has 3 N–H and O–H groups in total. The number of ether oxygens (including phenoxy) is 4. The van der Waals surface area contributed by atoms with Crippen LogP contribution in [0.1, 0.15) is 427 Å². The van der Waals surface area contributed by atoms with E-state index in [2.05, 4.69) is 48.5 Å². The van der Waals surface area contributed by atoms with Crippen molar-refractivity contribution >= 4 is 39.5 Å². The monoisotopic (exact) mass is 1480 g/mol. The maximum Gasteiger partial charge on any atom is 0.472 e. The van der Waals surface area contributed by atoms with Crippen LogP contribution in [0, 0.1) is 17.8 Å². The Balaban J connectivity index is 5.22. The predicted octanol–water partition coefficient (Wildman–Crippen LogP) is 24.5. The quantitative estimate of drug-likeness (QED) is 0.0222. The van der Waals surface area contributed by atoms with E-state index < -0.39 is 97.5 Å². The van der Waals surface area contributed by atoms with Crippen LogP contribution in [-0.4, -0.2) is 96.7 Å². The van der Waals surface area contributed by atoms with Gasteiger partial charge in [0.1, 0.15) is 19.3 Å². The summed E-state index contributed by atoms with van der Waals surface area (Å²) in [6.07, 6.45) is 61.0. The summed E-state index contributed by atoms with van der Waals surface area (Å²) in [5.74, 6) is 0.286. The highest BCUT2D eigenvalue weighted by atomic mass is 31.2. The molecule has 0 fully saturated rings. The average Bonchev–Trinajstić information content (AvgIpc) is 0.980. The summed E-state index contributed by atoms with van der Waals surface area (Å²) in [5.41, 5.74) is 0. The van der Waals surface area contributed by atoms with E-state index in [0.717, 1.165) is 108 Å². The Morgan fingerprint density at radius 3 is 0.673 bits per heavy atom. The maximum absolute atomic E-state index is 13.1. The van der Waals surface area contributed by atoms with Gasteiger partial charge in [-0.3, -0.25) is 37.3 Å². The number of aliphatic hydroxyl groups excluding tert-OH is 1. The number of aliphatic hydroxyl groups is 1. The summed E-state index contributed by atoms with van der Waals surface area (Å²) in [6.45, 7) is 12.0. The van der Waals surface area contributed by atoms with E-state index in [1.807, 2.05) is 0 Å². The first-order valence-electron chi connectivity index (χ1n) is 42.3. The largest absolute Gasteiger partial charge is 0.472 e. The van der Waals surface area contributed by atoms with Gasteiger partial charge >= 0.3 is 39.5 Å². The Kier molecular flexibility index (Phi) is 70.9. The molecule has 0 amide bonds. The second-order valence-corrected chi connectivity index (χ2v) is 33.8. The first-order valence-corrected chi connectivity index (χ1v) is 45.3. The number of unbranched alkanes of at least 4 members (excludes halogenated alkanes) is 48. The molecule has 0 spiro atoms. The maximum atomic E-state index is 13.1. The standard InChI is InChI=1S/C82H160O17P2/c1-8-9-10-11-12-32-42-49-56-63-79(84)92-69-77(98-82(87)66-59-52-45-38-31-25-19-22-28-35-41-48-55-62-75(6)7)71-96-100(88,89)94-67-76(83)68-95-101(90,91)97-72-78(70-93-80(85)64-57-50-43-36-29-23-18-17-21-27-34-40-47-54-61-74(4)5)99-81(86)65-58-51-44-37-30-24-16-14-13-15-20-26-33-39-46-53-60-73(2)3/h73-78,83H,8-72H2,1-7H3,(H,88,89)(H,90,91)/t76-,77+,78+/m0/s1. The van der Waals surface area contributed by atoms with Crippen molar-refractivity contribution in [2.45, 2.75) is 446 Å². The van der Waals surface area contributed by atoms with Gasteiger partial charge in [-0.1, -0.05) is 376 Å². The number of carbonyl (C=O) groups excluding carboxylic acids is 4. The Labute approximate surface area is 619 Å². The van der Waals surface area contributed by atoms with Gasteiger partial charge < -0.3 is 33.8 Å². The number of hydrogen-bond donors (Lipinski definition) is 3. The summed E-state index contributed by atoms with van der Waals surface area (Å²) >= 11 is 0. The Bertz CT molecular complexity index is 1960. The van der Waals surface area contributed by atoms with Gasteiger partial charge in [0.2, 0.25) is 0 Å². The van der Waals surface area contributed by atoms with Crippen molar-refractivity contribution in [3.8, 4) is 0 Å². The SMILES string of the molecule is CCCCCCCCCCCC(=O)OC[C@H](COP(=O)(O)OC[C@H](O)COP(=O)(O)OC[C@@H](COC(=O)CCCCCCCCCCCCCCCCC(C)C)OC(=O)CCCCCCCCCCCCCCCCCCC(C)C)OC(=O)CCCCCCCCCCCCCCCC(C)C. The molecule has 0 aliphatic heterocycles. The highest BCUT2D eigenvalue weighted by molar-refractivity contribution is 7.47. The third kappa shape index (κ3) is 76.1. The van der Waals surface area contributed by atoms with Crippen LogP contribution in [-0.2, 0) is 65.4 Å². The highest BCUT2D eigenvalue weighted by Gasteiger charge is 2.30. The molecule has 0 aliphatic carbocycles. The van der Waals surface area contributed by atoms with Gasteiger partial charge in [-0.05, 0) is 43.4 Å². The van der Waals surface area contributed by atoms with E-state index >= 15 is 0 Å². The smallest absolute Gasteiger partial charge is 0.462 e. The van der Waals surface area contributed by atoms with Crippen LogP contribution in [0.2, 0.25) is 0 Å². The zero-order valence-electron chi connectivity index (χ0n) is 66.4. The van der Waals surface area contributed by atoms with E-state index in [1.165, 1.54) is 238 Å². The number of phosphoric acid groups is 2. The van der Waals surface area contributed by atoms with Crippen molar-refractivity contribution in [2.24, 2.45) is 17.8 Å². The van der Waals surface area contributed by atoms with E-state index in [-0.39, 0.29) is 25.7 Å². The van der Waals surface area contributed by atoms with Gasteiger partial charge in [0.05, 0.1) is 26.4 Å². The minimum absolute atomic E-state index is 0.107. The molecule has 0 radical (unpaired) electrons. The molecule has 0 heterocycles. The molecule has 5 atom stereocenters. The third-order valence-electron chi connectivity index (χ3n) is 19.1. The fourth-order valence-electron chi connectivity index (χ4n) is 12.7. The topological polar surface area (TPSA) is 237 Å².